The quantitative estimate of drug-likeness (QED) is 0.507. The normalized spacial score (nSPS) is 11.6. The number of rotatable bonds is 8. The van der Waals surface area contributed by atoms with E-state index in [0.29, 0.717) is 16.7 Å². The number of hydrazine groups is 1. The molecule has 1 rings (SSSR count). The van der Waals surface area contributed by atoms with Crippen molar-refractivity contribution in [3.05, 3.63) is 28.2 Å². The van der Waals surface area contributed by atoms with E-state index >= 15 is 0 Å². The molecule has 3 N–H and O–H groups in total. The van der Waals surface area contributed by atoms with Gasteiger partial charge in [-0.05, 0) is 44.9 Å². The summed E-state index contributed by atoms with van der Waals surface area (Å²) in [7, 11) is 1.76. The Bertz CT molecular complexity index is 379. The third-order valence-corrected chi connectivity index (χ3v) is 3.04. The first-order valence-electron chi connectivity index (χ1n) is 6.21. The molecular formula is C13H21Cl2N3O. The Hall–Kier alpha value is -0.520. The summed E-state index contributed by atoms with van der Waals surface area (Å²) in [4.78, 5) is 5.09. The molecule has 6 heteroatoms. The SMILES string of the molecule is CNOCCCC(C)(C)NNc1cc(Cl)cc(Cl)c1. The Balaban J connectivity index is 2.41. The van der Waals surface area contributed by atoms with Crippen molar-refractivity contribution in [1.29, 1.82) is 0 Å². The number of halogens is 2. The van der Waals surface area contributed by atoms with Crippen molar-refractivity contribution < 1.29 is 4.84 Å². The van der Waals surface area contributed by atoms with Crippen LogP contribution in [0.5, 0.6) is 0 Å². The summed E-state index contributed by atoms with van der Waals surface area (Å²) in [6, 6.07) is 5.34. The van der Waals surface area contributed by atoms with Gasteiger partial charge in [0.05, 0.1) is 12.3 Å². The molecule has 0 radical (unpaired) electrons. The summed E-state index contributed by atoms with van der Waals surface area (Å²) in [5.74, 6) is 0. The second kappa shape index (κ2) is 7.92. The molecule has 0 aliphatic rings. The average Bonchev–Trinajstić information content (AvgIpc) is 2.31. The van der Waals surface area contributed by atoms with Crippen LogP contribution < -0.4 is 16.3 Å². The summed E-state index contributed by atoms with van der Waals surface area (Å²) in [5, 5.41) is 1.22. The van der Waals surface area contributed by atoms with Crippen molar-refractivity contribution in [3.8, 4) is 0 Å². The van der Waals surface area contributed by atoms with E-state index in [1.165, 1.54) is 0 Å². The Kier molecular flexibility index (Phi) is 6.89. The smallest absolute Gasteiger partial charge is 0.0682 e. The molecule has 108 valence electrons. The predicted octanol–water partition coefficient (Wildman–Crippen LogP) is 3.62. The minimum absolute atomic E-state index is 0.0636. The molecule has 0 saturated heterocycles. The molecule has 0 unspecified atom stereocenters. The highest BCUT2D eigenvalue weighted by atomic mass is 35.5. The lowest BCUT2D eigenvalue weighted by atomic mass is 10.00. The molecule has 1 aromatic rings. The maximum Gasteiger partial charge on any atom is 0.0682 e. The molecule has 0 heterocycles. The minimum Gasteiger partial charge on any atom is -0.321 e. The van der Waals surface area contributed by atoms with E-state index in [-0.39, 0.29) is 5.54 Å². The fourth-order valence-corrected chi connectivity index (χ4v) is 2.14. The summed E-state index contributed by atoms with van der Waals surface area (Å²) < 4.78 is 0. The maximum atomic E-state index is 5.94. The average molecular weight is 306 g/mol. The molecule has 0 amide bonds. The first-order chi connectivity index (χ1) is 8.93. The lowest BCUT2D eigenvalue weighted by Crippen LogP contribution is -2.43. The van der Waals surface area contributed by atoms with E-state index in [4.69, 9.17) is 28.0 Å². The van der Waals surface area contributed by atoms with Gasteiger partial charge in [-0.2, -0.15) is 0 Å². The van der Waals surface area contributed by atoms with Crippen LogP contribution in [0.1, 0.15) is 26.7 Å². The van der Waals surface area contributed by atoms with Crippen molar-refractivity contribution in [2.75, 3.05) is 19.1 Å². The van der Waals surface area contributed by atoms with E-state index in [1.807, 2.05) is 12.1 Å². The van der Waals surface area contributed by atoms with Crippen molar-refractivity contribution in [2.45, 2.75) is 32.2 Å². The Morgan fingerprint density at radius 2 is 1.79 bits per heavy atom. The monoisotopic (exact) mass is 305 g/mol. The lowest BCUT2D eigenvalue weighted by molar-refractivity contribution is 0.0522. The van der Waals surface area contributed by atoms with Crippen molar-refractivity contribution in [2.24, 2.45) is 0 Å². The topological polar surface area (TPSA) is 45.3 Å². The third-order valence-electron chi connectivity index (χ3n) is 2.60. The largest absolute Gasteiger partial charge is 0.321 e. The van der Waals surface area contributed by atoms with E-state index in [2.05, 4.69) is 30.2 Å². The Morgan fingerprint density at radius 3 is 2.37 bits per heavy atom. The number of anilines is 1. The van der Waals surface area contributed by atoms with Crippen LogP contribution in [-0.2, 0) is 4.84 Å². The number of hydrogen-bond acceptors (Lipinski definition) is 4. The van der Waals surface area contributed by atoms with Crippen LogP contribution >= 0.6 is 23.2 Å². The minimum atomic E-state index is -0.0636. The van der Waals surface area contributed by atoms with Crippen molar-refractivity contribution >= 4 is 28.9 Å². The van der Waals surface area contributed by atoms with Gasteiger partial charge in [0, 0.05) is 22.6 Å². The van der Waals surface area contributed by atoms with Crippen molar-refractivity contribution in [1.82, 2.24) is 10.9 Å². The molecule has 0 bridgehead atoms. The highest BCUT2D eigenvalue weighted by Gasteiger charge is 2.16. The second-order valence-electron chi connectivity index (χ2n) is 4.95. The molecular weight excluding hydrogens is 285 g/mol. The lowest BCUT2D eigenvalue weighted by Gasteiger charge is -2.27. The van der Waals surface area contributed by atoms with Gasteiger partial charge in [0.2, 0.25) is 0 Å². The van der Waals surface area contributed by atoms with Crippen molar-refractivity contribution in [3.63, 3.8) is 0 Å². The van der Waals surface area contributed by atoms with Gasteiger partial charge in [0.1, 0.15) is 0 Å². The second-order valence-corrected chi connectivity index (χ2v) is 5.82. The summed E-state index contributed by atoms with van der Waals surface area (Å²) in [5.41, 5.74) is 9.84. The fourth-order valence-electron chi connectivity index (χ4n) is 1.62. The highest BCUT2D eigenvalue weighted by Crippen LogP contribution is 2.22. The zero-order chi connectivity index (χ0) is 14.3. The molecule has 0 saturated carbocycles. The first kappa shape index (κ1) is 16.5. The van der Waals surface area contributed by atoms with E-state index in [0.717, 1.165) is 18.5 Å². The zero-order valence-electron chi connectivity index (χ0n) is 11.5. The van der Waals surface area contributed by atoms with E-state index < -0.39 is 0 Å². The van der Waals surface area contributed by atoms with Gasteiger partial charge in [-0.3, -0.25) is 0 Å². The molecule has 0 aliphatic heterocycles. The van der Waals surface area contributed by atoms with Crippen LogP contribution in [0.2, 0.25) is 10.0 Å². The molecule has 1 aromatic carbocycles. The fraction of sp³-hybridized carbons (Fsp3) is 0.538. The van der Waals surface area contributed by atoms with Gasteiger partial charge in [-0.1, -0.05) is 23.2 Å². The Labute approximate surface area is 124 Å². The standard InChI is InChI=1S/C13H21Cl2N3O/c1-13(2,5-4-6-19-16-3)18-17-12-8-10(14)7-11(15)9-12/h7-9,16-18H,4-6H2,1-3H3. The predicted molar refractivity (Wildman–Crippen MR) is 81.5 cm³/mol. The van der Waals surface area contributed by atoms with Gasteiger partial charge in [0.15, 0.2) is 0 Å². The van der Waals surface area contributed by atoms with E-state index in [1.54, 1.807) is 13.1 Å². The number of hydroxylamine groups is 1. The van der Waals surface area contributed by atoms with Crippen LogP contribution in [0.15, 0.2) is 18.2 Å². The van der Waals surface area contributed by atoms with E-state index in [9.17, 15) is 0 Å². The number of hydrogen-bond donors (Lipinski definition) is 3. The van der Waals surface area contributed by atoms with Crippen LogP contribution in [0, 0.1) is 0 Å². The third kappa shape index (κ3) is 6.99. The molecule has 0 aliphatic carbocycles. The van der Waals surface area contributed by atoms with Crippen LogP contribution in [0.3, 0.4) is 0 Å². The number of nitrogens with one attached hydrogen (secondary N) is 3. The summed E-state index contributed by atoms with van der Waals surface area (Å²) in [6.45, 7) is 4.92. The van der Waals surface area contributed by atoms with Gasteiger partial charge < -0.3 is 10.3 Å². The van der Waals surface area contributed by atoms with Crippen LogP contribution in [0.25, 0.3) is 0 Å². The molecule has 0 atom stereocenters. The molecule has 0 aromatic heterocycles. The van der Waals surface area contributed by atoms with Gasteiger partial charge in [-0.15, -0.1) is 0 Å². The molecule has 19 heavy (non-hydrogen) atoms. The van der Waals surface area contributed by atoms with Gasteiger partial charge >= 0.3 is 0 Å². The Morgan fingerprint density at radius 1 is 1.16 bits per heavy atom. The molecule has 4 nitrogen and oxygen atoms in total. The highest BCUT2D eigenvalue weighted by molar-refractivity contribution is 6.35. The van der Waals surface area contributed by atoms with Gasteiger partial charge in [-0.25, -0.2) is 10.9 Å². The van der Waals surface area contributed by atoms with Crippen LogP contribution in [-0.4, -0.2) is 19.2 Å². The zero-order valence-corrected chi connectivity index (χ0v) is 13.0. The van der Waals surface area contributed by atoms with Crippen LogP contribution in [0.4, 0.5) is 5.69 Å². The summed E-state index contributed by atoms with van der Waals surface area (Å²) >= 11 is 11.9. The number of benzene rings is 1. The van der Waals surface area contributed by atoms with Gasteiger partial charge in [0.25, 0.3) is 0 Å². The first-order valence-corrected chi connectivity index (χ1v) is 6.96. The molecule has 0 spiro atoms. The summed E-state index contributed by atoms with van der Waals surface area (Å²) in [6.07, 6.45) is 1.93. The molecule has 0 fully saturated rings. The maximum absolute atomic E-state index is 5.94.